The number of ether oxygens (including phenoxy) is 1. The first kappa shape index (κ1) is 18.7. The summed E-state index contributed by atoms with van der Waals surface area (Å²) in [4.78, 5) is 28.5. The summed E-state index contributed by atoms with van der Waals surface area (Å²) in [6.45, 7) is 7.98. The van der Waals surface area contributed by atoms with Gasteiger partial charge in [0.05, 0.1) is 12.7 Å². The van der Waals surface area contributed by atoms with Crippen molar-refractivity contribution in [3.8, 4) is 0 Å². The highest BCUT2D eigenvalue weighted by Gasteiger charge is 2.46. The number of pyridine rings is 1. The number of carbonyl (C=O) groups is 2. The van der Waals surface area contributed by atoms with Gasteiger partial charge in [0, 0.05) is 18.2 Å². The third-order valence-electron chi connectivity index (χ3n) is 4.31. The zero-order valence-electron chi connectivity index (χ0n) is 14.8. The Morgan fingerprint density at radius 1 is 1.46 bits per heavy atom. The summed E-state index contributed by atoms with van der Waals surface area (Å²) < 4.78 is 25.5. The van der Waals surface area contributed by atoms with Gasteiger partial charge in [-0.3, -0.25) is 9.59 Å². The zero-order valence-corrected chi connectivity index (χ0v) is 15.8. The highest BCUT2D eigenvalue weighted by atomic mass is 28.4. The molecular weight excluding hydrogens is 329 g/mol. The van der Waals surface area contributed by atoms with Crippen molar-refractivity contribution >= 4 is 20.1 Å². The minimum atomic E-state index is -2.04. The van der Waals surface area contributed by atoms with Gasteiger partial charge >= 0.3 is 5.97 Å². The first-order chi connectivity index (χ1) is 11.1. The molecular formula is C17H24FNO4Si. The lowest BCUT2D eigenvalue weighted by Crippen LogP contribution is -2.42. The average Bonchev–Trinajstić information content (AvgIpc) is 2.61. The van der Waals surface area contributed by atoms with Crippen LogP contribution in [0.1, 0.15) is 30.9 Å². The van der Waals surface area contributed by atoms with Crippen molar-refractivity contribution in [3.05, 3.63) is 29.3 Å². The first-order valence-corrected chi connectivity index (χ1v) is 11.5. The molecule has 0 N–H and O–H groups in total. The van der Waals surface area contributed by atoms with Crippen LogP contribution in [0.4, 0.5) is 4.39 Å². The van der Waals surface area contributed by atoms with E-state index in [0.717, 1.165) is 0 Å². The molecule has 1 aliphatic rings. The van der Waals surface area contributed by atoms with E-state index in [1.54, 1.807) is 6.07 Å². The number of ketones is 1. The number of methoxy groups -OCH3 is 1. The Morgan fingerprint density at radius 3 is 2.67 bits per heavy atom. The molecule has 5 nitrogen and oxygen atoms in total. The smallest absolute Gasteiger partial charge is 0.316 e. The first-order valence-electron chi connectivity index (χ1n) is 8.08. The number of carbonyl (C=O) groups excluding carboxylic acids is 2. The van der Waals surface area contributed by atoms with Crippen molar-refractivity contribution in [1.29, 1.82) is 0 Å². The van der Waals surface area contributed by atoms with Gasteiger partial charge in [-0.2, -0.15) is 4.39 Å². The molecule has 0 fully saturated rings. The lowest BCUT2D eigenvalue weighted by molar-refractivity contribution is -0.150. The molecule has 2 unspecified atom stereocenters. The van der Waals surface area contributed by atoms with E-state index in [1.165, 1.54) is 13.3 Å². The van der Waals surface area contributed by atoms with Gasteiger partial charge in [-0.25, -0.2) is 4.98 Å². The Balaban J connectivity index is 2.64. The van der Waals surface area contributed by atoms with Gasteiger partial charge in [0.2, 0.25) is 5.95 Å². The van der Waals surface area contributed by atoms with Crippen molar-refractivity contribution in [2.75, 3.05) is 7.11 Å². The topological polar surface area (TPSA) is 65.5 Å². The Labute approximate surface area is 142 Å². The number of Topliss-reactive ketones (excluding diaryl/α,β-unsaturated/α-hetero) is 1. The summed E-state index contributed by atoms with van der Waals surface area (Å²) in [6.07, 6.45) is 1.88. The van der Waals surface area contributed by atoms with Crippen LogP contribution in [0.5, 0.6) is 0 Å². The van der Waals surface area contributed by atoms with Crippen LogP contribution in [0, 0.1) is 11.9 Å². The minimum absolute atomic E-state index is 0.0317. The molecule has 0 saturated heterocycles. The maximum atomic E-state index is 14.4. The number of nitrogens with zero attached hydrogens (tertiary/aromatic N) is 1. The number of rotatable bonds is 4. The molecule has 0 saturated carbocycles. The van der Waals surface area contributed by atoms with E-state index in [9.17, 15) is 14.0 Å². The number of hydrogen-bond donors (Lipinski definition) is 0. The molecule has 0 bridgehead atoms. The van der Waals surface area contributed by atoms with E-state index < -0.39 is 31.8 Å². The predicted octanol–water partition coefficient (Wildman–Crippen LogP) is 2.98. The fraction of sp³-hybridized carbons (Fsp3) is 0.588. The molecule has 0 aromatic carbocycles. The Hall–Kier alpha value is -1.60. The van der Waals surface area contributed by atoms with Crippen LogP contribution < -0.4 is 0 Å². The van der Waals surface area contributed by atoms with Crippen LogP contribution in [0.3, 0.4) is 0 Å². The number of fused-ring (bicyclic) bond motifs is 1. The normalized spacial score (nSPS) is 24.2. The summed E-state index contributed by atoms with van der Waals surface area (Å²) in [5, 5.41) is 0. The van der Waals surface area contributed by atoms with Crippen LogP contribution in [0.2, 0.25) is 19.6 Å². The molecule has 2 atom stereocenters. The second-order valence-corrected chi connectivity index (χ2v) is 11.5. The summed E-state index contributed by atoms with van der Waals surface area (Å²) in [6, 6.07) is 1.70. The molecule has 1 aromatic rings. The molecule has 1 aromatic heterocycles. The lowest BCUT2D eigenvalue weighted by atomic mass is 9.86. The zero-order chi connectivity index (χ0) is 18.1. The van der Waals surface area contributed by atoms with Gasteiger partial charge < -0.3 is 9.16 Å². The maximum absolute atomic E-state index is 14.4. The quantitative estimate of drug-likeness (QED) is 0.274. The summed E-state index contributed by atoms with van der Waals surface area (Å²) >= 11 is 0. The molecule has 2 rings (SSSR count). The summed E-state index contributed by atoms with van der Waals surface area (Å²) in [5.41, 5.74) is -0.0257. The molecule has 0 aliphatic heterocycles. The molecule has 132 valence electrons. The van der Waals surface area contributed by atoms with Gasteiger partial charge in [-0.1, -0.05) is 6.92 Å². The van der Waals surface area contributed by atoms with Crippen LogP contribution in [-0.2, 0) is 30.8 Å². The van der Waals surface area contributed by atoms with Crippen LogP contribution >= 0.6 is 0 Å². The SMILES string of the molecule is CCC1(O[Si](C)(C)C)CC(=O)C(C(=O)OC)Cc2c1ccnc2F. The fourth-order valence-electron chi connectivity index (χ4n) is 3.33. The van der Waals surface area contributed by atoms with E-state index in [4.69, 9.17) is 9.16 Å². The van der Waals surface area contributed by atoms with Gasteiger partial charge in [0.25, 0.3) is 0 Å². The van der Waals surface area contributed by atoms with Gasteiger partial charge in [-0.05, 0) is 44.1 Å². The van der Waals surface area contributed by atoms with Crippen molar-refractivity contribution in [2.45, 2.75) is 51.4 Å². The van der Waals surface area contributed by atoms with Gasteiger partial charge in [-0.15, -0.1) is 0 Å². The van der Waals surface area contributed by atoms with E-state index in [-0.39, 0.29) is 24.2 Å². The molecule has 7 heteroatoms. The average molecular weight is 353 g/mol. The monoisotopic (exact) mass is 353 g/mol. The highest BCUT2D eigenvalue weighted by molar-refractivity contribution is 6.69. The van der Waals surface area contributed by atoms with Gasteiger partial charge in [0.15, 0.2) is 14.1 Å². The molecule has 0 spiro atoms. The molecule has 24 heavy (non-hydrogen) atoms. The third-order valence-corrected chi connectivity index (χ3v) is 5.31. The highest BCUT2D eigenvalue weighted by Crippen LogP contribution is 2.42. The van der Waals surface area contributed by atoms with E-state index >= 15 is 0 Å². The number of halogens is 1. The lowest BCUT2D eigenvalue weighted by Gasteiger charge is -2.39. The number of esters is 1. The predicted molar refractivity (Wildman–Crippen MR) is 89.4 cm³/mol. The van der Waals surface area contributed by atoms with Crippen molar-refractivity contribution in [3.63, 3.8) is 0 Å². The Kier molecular flexibility index (Phi) is 5.24. The fourth-order valence-corrected chi connectivity index (χ4v) is 4.83. The van der Waals surface area contributed by atoms with E-state index in [0.29, 0.717) is 12.0 Å². The Bertz CT molecular complexity index is 658. The third kappa shape index (κ3) is 3.56. The van der Waals surface area contributed by atoms with E-state index in [2.05, 4.69) is 4.98 Å². The Morgan fingerprint density at radius 2 is 2.12 bits per heavy atom. The van der Waals surface area contributed by atoms with Crippen molar-refractivity contribution in [2.24, 2.45) is 5.92 Å². The number of hydrogen-bond acceptors (Lipinski definition) is 5. The van der Waals surface area contributed by atoms with Crippen molar-refractivity contribution in [1.82, 2.24) is 4.98 Å². The van der Waals surface area contributed by atoms with Crippen molar-refractivity contribution < 1.29 is 23.1 Å². The second-order valence-electron chi connectivity index (χ2n) is 7.11. The van der Waals surface area contributed by atoms with E-state index in [1.807, 2.05) is 26.6 Å². The minimum Gasteiger partial charge on any atom is -0.468 e. The summed E-state index contributed by atoms with van der Waals surface area (Å²) in [5.74, 6) is -2.61. The maximum Gasteiger partial charge on any atom is 0.316 e. The van der Waals surface area contributed by atoms with Crippen LogP contribution in [0.15, 0.2) is 12.3 Å². The molecule has 1 heterocycles. The largest absolute Gasteiger partial charge is 0.468 e. The summed E-state index contributed by atoms with van der Waals surface area (Å²) in [7, 11) is -0.816. The van der Waals surface area contributed by atoms with Crippen LogP contribution in [-0.4, -0.2) is 32.2 Å². The standard InChI is InChI=1S/C17H24FNO4Si/c1-6-17(23-24(3,4)5)10-14(20)12(16(21)22-2)9-11-13(17)7-8-19-15(11)18/h7-8,12H,6,9-10H2,1-5H3. The molecule has 0 radical (unpaired) electrons. The van der Waals surface area contributed by atoms with Gasteiger partial charge in [0.1, 0.15) is 5.92 Å². The molecule has 0 amide bonds. The molecule has 1 aliphatic carbocycles. The second kappa shape index (κ2) is 6.72. The van der Waals surface area contributed by atoms with Crippen LogP contribution in [0.25, 0.3) is 0 Å². The number of aromatic nitrogens is 1.